The summed E-state index contributed by atoms with van der Waals surface area (Å²) in [5.41, 5.74) is 2.16. The smallest absolute Gasteiger partial charge is 0.308 e. The van der Waals surface area contributed by atoms with Crippen molar-refractivity contribution in [2.24, 2.45) is 5.92 Å². The van der Waals surface area contributed by atoms with E-state index in [1.54, 1.807) is 0 Å². The minimum atomic E-state index is -0.807. The van der Waals surface area contributed by atoms with Crippen molar-refractivity contribution in [3.05, 3.63) is 29.3 Å². The van der Waals surface area contributed by atoms with Crippen molar-refractivity contribution in [1.82, 2.24) is 9.80 Å². The normalized spacial score (nSPS) is 23.4. The third-order valence-electron chi connectivity index (χ3n) is 8.54. The van der Waals surface area contributed by atoms with Gasteiger partial charge in [0.15, 0.2) is 6.29 Å². The molecule has 224 valence electrons. The first-order chi connectivity index (χ1) is 19.2. The zero-order valence-corrected chi connectivity index (χ0v) is 25.0. The molecule has 1 aromatic rings. The van der Waals surface area contributed by atoms with Gasteiger partial charge in [0.2, 0.25) is 5.91 Å². The molecule has 0 bridgehead atoms. The quantitative estimate of drug-likeness (QED) is 0.260. The maximum absolute atomic E-state index is 13.7. The van der Waals surface area contributed by atoms with Crippen molar-refractivity contribution in [2.45, 2.75) is 70.1 Å². The van der Waals surface area contributed by atoms with Crippen LogP contribution in [0.4, 0.5) is 0 Å². The summed E-state index contributed by atoms with van der Waals surface area (Å²) < 4.78 is 17.9. The molecule has 3 aliphatic rings. The van der Waals surface area contributed by atoms with Crippen molar-refractivity contribution in [2.75, 3.05) is 73.7 Å². The average molecular weight is 561 g/mol. The van der Waals surface area contributed by atoms with E-state index in [9.17, 15) is 14.7 Å². The number of aliphatic carboxylic acids is 1. The number of hydrogen-bond donors (Lipinski definition) is 1. The van der Waals surface area contributed by atoms with E-state index in [-0.39, 0.29) is 30.7 Å². The number of carbonyl (C=O) groups is 2. The lowest BCUT2D eigenvalue weighted by Gasteiger charge is -2.30. The fraction of sp³-hybridized carbons (Fsp3) is 0.742. The first kappa shape index (κ1) is 30.8. The number of hydrogen-bond acceptors (Lipinski definition) is 6. The van der Waals surface area contributed by atoms with Crippen LogP contribution in [0, 0.1) is 5.92 Å². The first-order valence-electron chi connectivity index (χ1n) is 15.2. The third kappa shape index (κ3) is 8.18. The monoisotopic (exact) mass is 560 g/mol. The third-order valence-corrected chi connectivity index (χ3v) is 8.54. The summed E-state index contributed by atoms with van der Waals surface area (Å²) >= 11 is 0. The number of likely N-dealkylation sites (tertiary alicyclic amines) is 1. The van der Waals surface area contributed by atoms with E-state index in [0.717, 1.165) is 73.1 Å². The number of ether oxygens (including phenoxy) is 3. The number of carbonyl (C=O) groups excluding carboxylic acids is 1. The molecule has 2 fully saturated rings. The van der Waals surface area contributed by atoms with Crippen LogP contribution in [-0.2, 0) is 25.5 Å². The topological polar surface area (TPSA) is 88.5 Å². The second kappa shape index (κ2) is 14.1. The average Bonchev–Trinajstić information content (AvgIpc) is 3.66. The Balaban J connectivity index is 1.50. The van der Waals surface area contributed by atoms with Crippen molar-refractivity contribution in [3.63, 3.8) is 0 Å². The van der Waals surface area contributed by atoms with E-state index in [0.29, 0.717) is 39.2 Å². The van der Waals surface area contributed by atoms with Crippen LogP contribution >= 0.6 is 0 Å². The summed E-state index contributed by atoms with van der Waals surface area (Å²) in [5, 5.41) is 10.5. The van der Waals surface area contributed by atoms with Gasteiger partial charge in [0.05, 0.1) is 60.0 Å². The van der Waals surface area contributed by atoms with Gasteiger partial charge in [-0.1, -0.05) is 25.5 Å². The number of unbranched alkanes of at least 4 members (excludes halogenated alkanes) is 2. The van der Waals surface area contributed by atoms with Gasteiger partial charge in [-0.3, -0.25) is 14.5 Å². The first-order valence-corrected chi connectivity index (χ1v) is 15.2. The zero-order chi connectivity index (χ0) is 28.7. The van der Waals surface area contributed by atoms with Crippen molar-refractivity contribution in [1.29, 1.82) is 0 Å². The molecular weight excluding hydrogens is 510 g/mol. The van der Waals surface area contributed by atoms with Gasteiger partial charge >= 0.3 is 5.97 Å². The van der Waals surface area contributed by atoms with Crippen molar-refractivity contribution < 1.29 is 33.4 Å². The molecule has 3 heterocycles. The highest BCUT2D eigenvalue weighted by atomic mass is 16.7. The molecule has 0 radical (unpaired) electrons. The molecule has 9 nitrogen and oxygen atoms in total. The highest BCUT2D eigenvalue weighted by Gasteiger charge is 2.47. The lowest BCUT2D eigenvalue weighted by molar-refractivity contribution is -0.870. The summed E-state index contributed by atoms with van der Waals surface area (Å²) in [4.78, 5) is 30.7. The van der Waals surface area contributed by atoms with Crippen LogP contribution in [0.25, 0.3) is 0 Å². The van der Waals surface area contributed by atoms with Crippen LogP contribution < -0.4 is 4.74 Å². The molecule has 3 aliphatic heterocycles. The van der Waals surface area contributed by atoms with Crippen LogP contribution in [0.15, 0.2) is 18.2 Å². The van der Waals surface area contributed by atoms with E-state index >= 15 is 0 Å². The van der Waals surface area contributed by atoms with E-state index < -0.39 is 11.9 Å². The van der Waals surface area contributed by atoms with Crippen LogP contribution in [0.3, 0.4) is 0 Å². The molecule has 4 rings (SSSR count). The molecule has 2 saturated heterocycles. The summed E-state index contributed by atoms with van der Waals surface area (Å²) in [6.45, 7) is 7.30. The molecule has 3 atom stereocenters. The van der Waals surface area contributed by atoms with Gasteiger partial charge in [0, 0.05) is 38.0 Å². The van der Waals surface area contributed by atoms with Crippen molar-refractivity contribution in [3.8, 4) is 5.75 Å². The van der Waals surface area contributed by atoms with Crippen LogP contribution in [0.1, 0.15) is 62.5 Å². The Morgan fingerprint density at radius 2 is 1.80 bits per heavy atom. The SMILES string of the molecule is CCCCN(CCCC[N+](C)(C)C)C(=O)CN1C[C@H](c2ccc3c(c2)CCO3)C(C(=O)O)[C@@H]1CCC1OCCO1. The second-order valence-electron chi connectivity index (χ2n) is 12.6. The Hall–Kier alpha value is -2.20. The second-order valence-corrected chi connectivity index (χ2v) is 12.6. The summed E-state index contributed by atoms with van der Waals surface area (Å²) in [6.07, 6.45) is 5.81. The number of fused-ring (bicyclic) bond motifs is 1. The van der Waals surface area contributed by atoms with E-state index in [1.165, 1.54) is 0 Å². The molecule has 0 aliphatic carbocycles. The number of rotatable bonds is 15. The van der Waals surface area contributed by atoms with E-state index in [2.05, 4.69) is 39.0 Å². The minimum absolute atomic E-state index is 0.101. The van der Waals surface area contributed by atoms with Gasteiger partial charge in [0.1, 0.15) is 5.75 Å². The fourth-order valence-electron chi connectivity index (χ4n) is 6.38. The molecule has 0 aromatic heterocycles. The fourth-order valence-corrected chi connectivity index (χ4v) is 6.38. The maximum Gasteiger partial charge on any atom is 0.308 e. The Labute approximate surface area is 239 Å². The van der Waals surface area contributed by atoms with Gasteiger partial charge in [0.25, 0.3) is 0 Å². The van der Waals surface area contributed by atoms with Gasteiger partial charge < -0.3 is 28.7 Å². The highest BCUT2D eigenvalue weighted by molar-refractivity contribution is 5.79. The molecule has 0 spiro atoms. The largest absolute Gasteiger partial charge is 0.493 e. The van der Waals surface area contributed by atoms with Crippen molar-refractivity contribution >= 4 is 11.9 Å². The molecule has 1 aromatic carbocycles. The zero-order valence-electron chi connectivity index (χ0n) is 25.0. The lowest BCUT2D eigenvalue weighted by Crippen LogP contribution is -2.45. The summed E-state index contributed by atoms with van der Waals surface area (Å²) in [6, 6.07) is 5.84. The number of carboxylic acids is 1. The number of nitrogens with zero attached hydrogens (tertiary/aromatic N) is 3. The van der Waals surface area contributed by atoms with E-state index in [1.807, 2.05) is 17.0 Å². The van der Waals surface area contributed by atoms with Gasteiger partial charge in [-0.25, -0.2) is 0 Å². The summed E-state index contributed by atoms with van der Waals surface area (Å²) in [5.74, 6) is -0.615. The Kier molecular flexibility index (Phi) is 10.9. The highest BCUT2D eigenvalue weighted by Crippen LogP contribution is 2.41. The molecule has 1 N–H and O–H groups in total. The number of carboxylic acid groups (broad SMARTS) is 1. The van der Waals surface area contributed by atoms with Gasteiger partial charge in [-0.05, 0) is 49.3 Å². The number of benzene rings is 1. The predicted molar refractivity (Wildman–Crippen MR) is 153 cm³/mol. The number of quaternary nitrogens is 1. The van der Waals surface area contributed by atoms with Crippen LogP contribution in [0.2, 0.25) is 0 Å². The minimum Gasteiger partial charge on any atom is -0.493 e. The van der Waals surface area contributed by atoms with Crippen LogP contribution in [0.5, 0.6) is 5.75 Å². The molecular formula is C31H50N3O6+. The molecule has 1 unspecified atom stereocenters. The summed E-state index contributed by atoms with van der Waals surface area (Å²) in [7, 11) is 6.58. The maximum atomic E-state index is 13.7. The molecule has 0 saturated carbocycles. The number of amides is 1. The predicted octanol–water partition coefficient (Wildman–Crippen LogP) is 3.36. The van der Waals surface area contributed by atoms with Crippen LogP contribution in [-0.4, -0.2) is 117 Å². The Bertz CT molecular complexity index is 990. The standard InChI is InChI=1S/C31H49N3O6/c1-5-6-14-32(15-7-8-16-34(2,3)4)28(35)22-33-21-25(23-9-11-27-24(20-23)13-17-38-27)30(31(36)37)26(33)10-12-29-39-18-19-40-29/h9,11,20,25-26,29-30H,5-8,10,12-19,21-22H2,1-4H3/p+1/t25-,26+,30?/m1/s1. The molecule has 1 amide bonds. The Morgan fingerprint density at radius 3 is 2.50 bits per heavy atom. The van der Waals surface area contributed by atoms with Gasteiger partial charge in [-0.2, -0.15) is 0 Å². The molecule has 9 heteroatoms. The van der Waals surface area contributed by atoms with E-state index in [4.69, 9.17) is 14.2 Å². The van der Waals surface area contributed by atoms with Gasteiger partial charge in [-0.15, -0.1) is 0 Å². The lowest BCUT2D eigenvalue weighted by atomic mass is 9.83. The molecule has 40 heavy (non-hydrogen) atoms. The Morgan fingerprint density at radius 1 is 1.05 bits per heavy atom.